The molecule has 1 aromatic carbocycles. The SMILES string of the molecule is CN(C)S(=O)(=O)c1ccc(NC2NN([C@]3(CC#N)CCCOC3)C3CCNC(=O)C23)cc1. The summed E-state index contributed by atoms with van der Waals surface area (Å²) in [6, 6.07) is 8.75. The van der Waals surface area contributed by atoms with Gasteiger partial charge in [0.05, 0.1) is 35.4 Å². The van der Waals surface area contributed by atoms with Crippen molar-refractivity contribution < 1.29 is 17.9 Å². The molecule has 32 heavy (non-hydrogen) atoms. The molecular weight excluding hydrogens is 432 g/mol. The highest BCUT2D eigenvalue weighted by atomic mass is 32.2. The van der Waals surface area contributed by atoms with Crippen molar-refractivity contribution in [2.45, 2.75) is 48.3 Å². The van der Waals surface area contributed by atoms with Gasteiger partial charge in [-0.25, -0.2) is 23.2 Å². The molecular formula is C21H30N6O4S. The first-order valence-electron chi connectivity index (χ1n) is 10.9. The van der Waals surface area contributed by atoms with Crippen LogP contribution in [0.15, 0.2) is 29.2 Å². The van der Waals surface area contributed by atoms with Gasteiger partial charge in [-0.1, -0.05) is 0 Å². The average Bonchev–Trinajstić information content (AvgIpc) is 3.15. The molecule has 174 valence electrons. The number of carbonyl (C=O) groups excluding carboxylic acids is 1. The van der Waals surface area contributed by atoms with Crippen LogP contribution < -0.4 is 16.1 Å². The van der Waals surface area contributed by atoms with Gasteiger partial charge in [-0.15, -0.1) is 0 Å². The number of nitrogens with zero attached hydrogens (tertiary/aromatic N) is 3. The Morgan fingerprint density at radius 1 is 1.34 bits per heavy atom. The molecule has 3 aliphatic heterocycles. The second-order valence-electron chi connectivity index (χ2n) is 8.82. The Balaban J connectivity index is 1.59. The summed E-state index contributed by atoms with van der Waals surface area (Å²) < 4.78 is 31.6. The maximum atomic E-state index is 12.8. The zero-order valence-electron chi connectivity index (χ0n) is 18.4. The Morgan fingerprint density at radius 2 is 2.09 bits per heavy atom. The van der Waals surface area contributed by atoms with Crippen molar-refractivity contribution >= 4 is 21.6 Å². The molecule has 3 aliphatic rings. The van der Waals surface area contributed by atoms with Crippen molar-refractivity contribution in [3.05, 3.63) is 24.3 Å². The Labute approximate surface area is 188 Å². The molecule has 0 saturated carbocycles. The van der Waals surface area contributed by atoms with E-state index in [9.17, 15) is 18.5 Å². The summed E-state index contributed by atoms with van der Waals surface area (Å²) in [6.45, 7) is 1.72. The van der Waals surface area contributed by atoms with Gasteiger partial charge in [-0.3, -0.25) is 4.79 Å². The van der Waals surface area contributed by atoms with Crippen LogP contribution in [0.4, 0.5) is 5.69 Å². The van der Waals surface area contributed by atoms with Gasteiger partial charge in [0.2, 0.25) is 15.9 Å². The number of benzene rings is 1. The number of hydrazine groups is 1. The molecule has 0 radical (unpaired) electrons. The lowest BCUT2D eigenvalue weighted by Gasteiger charge is -2.46. The van der Waals surface area contributed by atoms with Crippen LogP contribution in [0, 0.1) is 17.2 Å². The van der Waals surface area contributed by atoms with E-state index in [4.69, 9.17) is 4.74 Å². The van der Waals surface area contributed by atoms with Crippen LogP contribution in [0.5, 0.6) is 0 Å². The van der Waals surface area contributed by atoms with E-state index in [-0.39, 0.29) is 22.8 Å². The van der Waals surface area contributed by atoms with Crippen LogP contribution in [0.2, 0.25) is 0 Å². The van der Waals surface area contributed by atoms with E-state index in [0.717, 1.165) is 19.3 Å². The van der Waals surface area contributed by atoms with Crippen molar-refractivity contribution in [3.63, 3.8) is 0 Å². The van der Waals surface area contributed by atoms with Gasteiger partial charge in [-0.05, 0) is 43.5 Å². The van der Waals surface area contributed by atoms with Gasteiger partial charge in [0, 0.05) is 39.0 Å². The molecule has 0 spiro atoms. The van der Waals surface area contributed by atoms with E-state index >= 15 is 0 Å². The van der Waals surface area contributed by atoms with Crippen molar-refractivity contribution in [2.24, 2.45) is 5.92 Å². The summed E-state index contributed by atoms with van der Waals surface area (Å²) in [6.07, 6.45) is 2.38. The maximum Gasteiger partial charge on any atom is 0.242 e. The molecule has 3 N–H and O–H groups in total. The van der Waals surface area contributed by atoms with Crippen molar-refractivity contribution in [1.82, 2.24) is 20.1 Å². The predicted octanol–water partition coefficient (Wildman–Crippen LogP) is 0.463. The highest BCUT2D eigenvalue weighted by molar-refractivity contribution is 7.89. The van der Waals surface area contributed by atoms with Gasteiger partial charge < -0.3 is 15.4 Å². The van der Waals surface area contributed by atoms with Gasteiger partial charge in [0.1, 0.15) is 6.17 Å². The molecule has 4 atom stereocenters. The van der Waals surface area contributed by atoms with Crippen molar-refractivity contribution in [2.75, 3.05) is 39.2 Å². The fourth-order valence-corrected chi connectivity index (χ4v) is 5.83. The number of piperidine rings is 1. The number of anilines is 1. The number of nitrogens with one attached hydrogen (secondary N) is 3. The largest absolute Gasteiger partial charge is 0.379 e. The molecule has 3 fully saturated rings. The molecule has 4 rings (SSSR count). The number of amides is 1. The fourth-order valence-electron chi connectivity index (χ4n) is 4.93. The molecule has 0 aromatic heterocycles. The molecule has 3 unspecified atom stereocenters. The number of hydrogen-bond acceptors (Lipinski definition) is 8. The normalized spacial score (nSPS) is 31.1. The number of ether oxygens (including phenoxy) is 1. The maximum absolute atomic E-state index is 12.8. The third kappa shape index (κ3) is 4.09. The van der Waals surface area contributed by atoms with E-state index in [2.05, 4.69) is 27.1 Å². The Hall–Kier alpha value is -2.23. The first-order chi connectivity index (χ1) is 15.3. The van der Waals surface area contributed by atoms with E-state index in [1.807, 2.05) is 0 Å². The molecule has 1 amide bonds. The number of sulfonamides is 1. The fraction of sp³-hybridized carbons (Fsp3) is 0.619. The van der Waals surface area contributed by atoms with E-state index in [1.54, 1.807) is 24.3 Å². The number of carbonyl (C=O) groups is 1. The monoisotopic (exact) mass is 462 g/mol. The highest BCUT2D eigenvalue weighted by Crippen LogP contribution is 2.38. The third-order valence-corrected chi connectivity index (χ3v) is 8.43. The topological polar surface area (TPSA) is 127 Å². The number of hydrogen-bond donors (Lipinski definition) is 3. The molecule has 11 heteroatoms. The average molecular weight is 463 g/mol. The lowest BCUT2D eigenvalue weighted by Crippen LogP contribution is -2.61. The van der Waals surface area contributed by atoms with E-state index in [1.165, 1.54) is 18.4 Å². The number of rotatable bonds is 6. The molecule has 3 heterocycles. The quantitative estimate of drug-likeness (QED) is 0.557. The molecule has 0 bridgehead atoms. The van der Waals surface area contributed by atoms with Gasteiger partial charge >= 0.3 is 0 Å². The summed E-state index contributed by atoms with van der Waals surface area (Å²) >= 11 is 0. The summed E-state index contributed by atoms with van der Waals surface area (Å²) in [5, 5.41) is 17.9. The third-order valence-electron chi connectivity index (χ3n) is 6.60. The minimum absolute atomic E-state index is 0.0376. The summed E-state index contributed by atoms with van der Waals surface area (Å²) in [4.78, 5) is 13.0. The number of fused-ring (bicyclic) bond motifs is 1. The second-order valence-corrected chi connectivity index (χ2v) is 11.0. The van der Waals surface area contributed by atoms with Gasteiger partial charge in [0.25, 0.3) is 0 Å². The van der Waals surface area contributed by atoms with Gasteiger partial charge in [0.15, 0.2) is 0 Å². The van der Waals surface area contributed by atoms with Crippen LogP contribution in [-0.2, 0) is 19.6 Å². The zero-order chi connectivity index (χ0) is 22.9. The second kappa shape index (κ2) is 8.96. The van der Waals surface area contributed by atoms with Crippen LogP contribution in [-0.4, -0.2) is 75.2 Å². The highest BCUT2D eigenvalue weighted by Gasteiger charge is 2.54. The Kier molecular flexibility index (Phi) is 6.42. The first kappa shape index (κ1) is 22.9. The van der Waals surface area contributed by atoms with Crippen LogP contribution in [0.3, 0.4) is 0 Å². The van der Waals surface area contributed by atoms with Crippen LogP contribution in [0.1, 0.15) is 25.7 Å². The lowest BCUT2D eigenvalue weighted by atomic mass is 9.84. The minimum atomic E-state index is -3.51. The van der Waals surface area contributed by atoms with E-state index in [0.29, 0.717) is 31.9 Å². The standard InChI is InChI=1S/C21H30N6O4S/c1-26(2)32(29,30)16-6-4-15(5-7-16)24-19-18-17(8-12-23-20(18)28)27(25-19)21(10-11-22)9-3-13-31-14-21/h4-7,17-19,24-25H,3,8-10,12-14H2,1-2H3,(H,23,28)/t17?,18?,19?,21-/m0/s1. The summed E-state index contributed by atoms with van der Waals surface area (Å²) in [5.41, 5.74) is 3.70. The van der Waals surface area contributed by atoms with Crippen molar-refractivity contribution in [3.8, 4) is 6.07 Å². The minimum Gasteiger partial charge on any atom is -0.379 e. The lowest BCUT2D eigenvalue weighted by molar-refractivity contribution is -0.130. The van der Waals surface area contributed by atoms with Gasteiger partial charge in [-0.2, -0.15) is 5.26 Å². The zero-order valence-corrected chi connectivity index (χ0v) is 19.2. The Bertz CT molecular complexity index is 985. The molecule has 0 aliphatic carbocycles. The van der Waals surface area contributed by atoms with Crippen LogP contribution in [0.25, 0.3) is 0 Å². The molecule has 10 nitrogen and oxygen atoms in total. The predicted molar refractivity (Wildman–Crippen MR) is 118 cm³/mol. The van der Waals surface area contributed by atoms with Crippen molar-refractivity contribution in [1.29, 1.82) is 5.26 Å². The summed E-state index contributed by atoms with van der Waals surface area (Å²) in [7, 11) is -0.528. The molecule has 1 aromatic rings. The Morgan fingerprint density at radius 3 is 2.72 bits per heavy atom. The first-order valence-corrected chi connectivity index (χ1v) is 12.3. The molecule has 3 saturated heterocycles. The smallest absolute Gasteiger partial charge is 0.242 e. The summed E-state index contributed by atoms with van der Waals surface area (Å²) in [5.74, 6) is -0.393. The van der Waals surface area contributed by atoms with Crippen LogP contribution >= 0.6 is 0 Å². The number of nitriles is 1. The van der Waals surface area contributed by atoms with E-state index < -0.39 is 21.7 Å².